The molecule has 11 heteroatoms. The Bertz CT molecular complexity index is 927. The Morgan fingerprint density at radius 3 is 2.28 bits per heavy atom. The van der Waals surface area contributed by atoms with Gasteiger partial charge in [0, 0.05) is 57.9 Å². The van der Waals surface area contributed by atoms with Gasteiger partial charge in [0.1, 0.15) is 13.9 Å². The van der Waals surface area contributed by atoms with Gasteiger partial charge in [-0.2, -0.15) is 13.2 Å². The van der Waals surface area contributed by atoms with Crippen molar-refractivity contribution in [2.24, 2.45) is 0 Å². The topological polar surface area (TPSA) is 64.2 Å². The number of nitrogens with zero attached hydrogens (tertiary/aromatic N) is 4. The van der Waals surface area contributed by atoms with Crippen LogP contribution in [-0.2, 0) is 20.8 Å². The van der Waals surface area contributed by atoms with Crippen LogP contribution in [0.5, 0.6) is 0 Å². The summed E-state index contributed by atoms with van der Waals surface area (Å²) in [6.07, 6.45) is -3.56. The number of carbonyl (C=O) groups is 3. The van der Waals surface area contributed by atoms with E-state index in [0.29, 0.717) is 32.6 Å². The van der Waals surface area contributed by atoms with Gasteiger partial charge in [-0.1, -0.05) is 17.6 Å². The molecule has 0 aliphatic carbocycles. The molecule has 7 nitrogen and oxygen atoms in total. The van der Waals surface area contributed by atoms with E-state index in [1.807, 2.05) is 24.9 Å². The number of anilines is 1. The number of likely N-dealkylation sites (tertiary alicyclic amines) is 1. The zero-order valence-corrected chi connectivity index (χ0v) is 18.2. The van der Waals surface area contributed by atoms with E-state index >= 15 is 0 Å². The number of alkyl halides is 3. The second-order valence-electron chi connectivity index (χ2n) is 8.80. The maximum atomic E-state index is 13.2. The van der Waals surface area contributed by atoms with Crippen LogP contribution in [0.15, 0.2) is 18.2 Å². The van der Waals surface area contributed by atoms with Crippen molar-refractivity contribution in [1.29, 1.82) is 0 Å². The van der Waals surface area contributed by atoms with Crippen molar-refractivity contribution in [3.8, 4) is 0 Å². The molecule has 0 spiro atoms. The Hall–Kier alpha value is -2.56. The van der Waals surface area contributed by atoms with Crippen molar-refractivity contribution in [3.05, 3.63) is 23.8 Å². The van der Waals surface area contributed by atoms with E-state index in [4.69, 9.17) is 0 Å². The summed E-state index contributed by atoms with van der Waals surface area (Å²) in [5.41, 5.74) is 2.96. The van der Waals surface area contributed by atoms with Crippen molar-refractivity contribution in [3.63, 3.8) is 0 Å². The van der Waals surface area contributed by atoms with Gasteiger partial charge in [-0.3, -0.25) is 24.2 Å². The van der Waals surface area contributed by atoms with Gasteiger partial charge >= 0.3 is 12.1 Å². The third kappa shape index (κ3) is 4.22. The van der Waals surface area contributed by atoms with Gasteiger partial charge in [0.05, 0.1) is 0 Å². The number of benzene rings is 1. The Balaban J connectivity index is 1.34. The number of halogens is 3. The molecule has 2 saturated heterocycles. The van der Waals surface area contributed by atoms with Crippen LogP contribution in [0.2, 0.25) is 0 Å². The van der Waals surface area contributed by atoms with Gasteiger partial charge in [-0.05, 0) is 24.5 Å². The zero-order chi connectivity index (χ0) is 23.2. The van der Waals surface area contributed by atoms with E-state index in [0.717, 1.165) is 28.0 Å². The van der Waals surface area contributed by atoms with Crippen molar-refractivity contribution in [2.45, 2.75) is 38.0 Å². The molecule has 3 aliphatic rings. The van der Waals surface area contributed by atoms with E-state index in [2.05, 4.69) is 6.07 Å². The summed E-state index contributed by atoms with van der Waals surface area (Å²) in [5, 5.41) is 0. The van der Waals surface area contributed by atoms with Gasteiger partial charge in [0.25, 0.3) is 0 Å². The van der Waals surface area contributed by atoms with E-state index in [1.165, 1.54) is 6.92 Å². The highest BCUT2D eigenvalue weighted by Crippen LogP contribution is 2.32. The average molecular weight is 450 g/mol. The number of carbonyl (C=O) groups excluding carboxylic acids is 3. The first kappa shape index (κ1) is 22.6. The first-order valence-electron chi connectivity index (χ1n) is 10.8. The molecule has 1 aromatic rings. The smallest absolute Gasteiger partial charge is 0.338 e. The molecule has 1 aromatic carbocycles. The highest BCUT2D eigenvalue weighted by molar-refractivity contribution is 6.32. The number of fused-ring (bicyclic) bond motifs is 1. The van der Waals surface area contributed by atoms with Crippen molar-refractivity contribution in [2.75, 3.05) is 44.2 Å². The van der Waals surface area contributed by atoms with Crippen LogP contribution in [0.3, 0.4) is 0 Å². The minimum Gasteiger partial charge on any atom is -0.338 e. The summed E-state index contributed by atoms with van der Waals surface area (Å²) in [6, 6.07) is 5.40. The van der Waals surface area contributed by atoms with Crippen LogP contribution in [0.25, 0.3) is 0 Å². The number of piperazine rings is 1. The van der Waals surface area contributed by atoms with Gasteiger partial charge in [0.15, 0.2) is 0 Å². The molecular weight excluding hydrogens is 424 g/mol. The quantitative estimate of drug-likeness (QED) is 0.572. The molecule has 1 unspecified atom stereocenters. The third-order valence-corrected chi connectivity index (χ3v) is 6.65. The Morgan fingerprint density at radius 2 is 1.69 bits per heavy atom. The first-order chi connectivity index (χ1) is 15.1. The Labute approximate surface area is 185 Å². The minimum atomic E-state index is -4.85. The number of rotatable bonds is 2. The summed E-state index contributed by atoms with van der Waals surface area (Å²) in [6.45, 7) is 3.19. The van der Waals surface area contributed by atoms with Crippen LogP contribution in [0.1, 0.15) is 18.9 Å². The molecule has 0 N–H and O–H groups in total. The summed E-state index contributed by atoms with van der Waals surface area (Å²) < 4.78 is 37.8. The van der Waals surface area contributed by atoms with E-state index in [9.17, 15) is 27.6 Å². The summed E-state index contributed by atoms with van der Waals surface area (Å²) >= 11 is 0. The molecule has 172 valence electrons. The molecule has 0 aromatic heterocycles. The largest absolute Gasteiger partial charge is 0.471 e. The molecule has 3 amide bonds. The van der Waals surface area contributed by atoms with Crippen molar-refractivity contribution in [1.82, 2.24) is 14.7 Å². The number of amides is 3. The standard InChI is InChI=1S/C21H26BF3N4O3/c1-13(30)29-17-5-3-15(22)10-14(17)2-4-18(29)19(31)28-11-16(12-28)26-6-8-27(9-7-26)20(32)21(23,24)25/h3,5,10,16,18H,2,4,6-9,11-12,22H2,1H3. The second kappa shape index (κ2) is 8.42. The molecule has 2 fully saturated rings. The molecule has 0 radical (unpaired) electrons. The molecule has 4 rings (SSSR count). The van der Waals surface area contributed by atoms with Crippen LogP contribution in [0, 0.1) is 0 Å². The van der Waals surface area contributed by atoms with Crippen LogP contribution in [-0.4, -0.2) is 97.8 Å². The molecule has 32 heavy (non-hydrogen) atoms. The Morgan fingerprint density at radius 1 is 1.03 bits per heavy atom. The van der Waals surface area contributed by atoms with Crippen LogP contribution in [0.4, 0.5) is 18.9 Å². The number of aryl methyl sites for hydroxylation is 1. The lowest BCUT2D eigenvalue weighted by Crippen LogP contribution is -2.67. The summed E-state index contributed by atoms with van der Waals surface area (Å²) in [5.74, 6) is -2.05. The van der Waals surface area contributed by atoms with Crippen LogP contribution >= 0.6 is 0 Å². The van der Waals surface area contributed by atoms with Crippen molar-refractivity contribution < 1.29 is 27.6 Å². The highest BCUT2D eigenvalue weighted by Gasteiger charge is 2.45. The van der Waals surface area contributed by atoms with E-state index in [1.54, 1.807) is 9.80 Å². The van der Waals surface area contributed by atoms with Gasteiger partial charge in [0.2, 0.25) is 11.8 Å². The lowest BCUT2D eigenvalue weighted by molar-refractivity contribution is -0.187. The minimum absolute atomic E-state index is 0.0275. The summed E-state index contributed by atoms with van der Waals surface area (Å²) in [7, 11) is 1.99. The van der Waals surface area contributed by atoms with E-state index < -0.39 is 18.1 Å². The molecule has 3 aliphatic heterocycles. The van der Waals surface area contributed by atoms with Crippen LogP contribution < -0.4 is 10.4 Å². The fourth-order valence-electron chi connectivity index (χ4n) is 4.91. The molecule has 0 bridgehead atoms. The lowest BCUT2D eigenvalue weighted by Gasteiger charge is -2.50. The maximum absolute atomic E-state index is 13.2. The third-order valence-electron chi connectivity index (χ3n) is 6.65. The number of hydrogen-bond acceptors (Lipinski definition) is 4. The average Bonchev–Trinajstić information content (AvgIpc) is 2.70. The normalized spacial score (nSPS) is 22.4. The maximum Gasteiger partial charge on any atom is 0.471 e. The molecule has 1 atom stereocenters. The first-order valence-corrected chi connectivity index (χ1v) is 10.8. The monoisotopic (exact) mass is 450 g/mol. The molecule has 3 heterocycles. The van der Waals surface area contributed by atoms with Gasteiger partial charge in [-0.25, -0.2) is 0 Å². The van der Waals surface area contributed by atoms with Crippen molar-refractivity contribution >= 4 is 36.7 Å². The van der Waals surface area contributed by atoms with Gasteiger partial charge in [-0.15, -0.1) is 0 Å². The fourth-order valence-corrected chi connectivity index (χ4v) is 4.91. The van der Waals surface area contributed by atoms with E-state index in [-0.39, 0.29) is 30.9 Å². The number of hydrogen-bond donors (Lipinski definition) is 0. The lowest BCUT2D eigenvalue weighted by atomic mass is 9.88. The fraction of sp³-hybridized carbons (Fsp3) is 0.571. The zero-order valence-electron chi connectivity index (χ0n) is 18.2. The molecular formula is C21H26BF3N4O3. The Kier molecular flexibility index (Phi) is 5.95. The SMILES string of the molecule is Bc1ccc2c(c1)CCC(C(=O)N1CC(N3CCN(C(=O)C(F)(F)F)CC3)C1)N2C(C)=O. The summed E-state index contributed by atoms with van der Waals surface area (Å²) in [4.78, 5) is 43.1. The highest BCUT2D eigenvalue weighted by atomic mass is 19.4. The predicted octanol–water partition coefficient (Wildman–Crippen LogP) is -0.470. The molecule has 0 saturated carbocycles. The predicted molar refractivity (Wildman–Crippen MR) is 114 cm³/mol. The second-order valence-corrected chi connectivity index (χ2v) is 8.80. The van der Waals surface area contributed by atoms with Gasteiger partial charge < -0.3 is 9.80 Å².